The average molecular weight is 302 g/mol. The van der Waals surface area contributed by atoms with E-state index in [1.807, 2.05) is 18.5 Å². The van der Waals surface area contributed by atoms with E-state index in [0.29, 0.717) is 5.41 Å². The number of hydrogen-bond donors (Lipinski definition) is 0. The Labute approximate surface area is 132 Å². The number of rotatable bonds is 2. The van der Waals surface area contributed by atoms with Crippen LogP contribution in [-0.4, -0.2) is 60.3 Å². The summed E-state index contributed by atoms with van der Waals surface area (Å²) in [5.41, 5.74) is 0.454. The standard InChI is InChI=1S/C17H26N4O/c1-5-17(14-21(9-1)16-18-7-2-8-19-16)6-10-20(13-17)15-3-11-22-12-4-15/h2,7-8,15H,1,3-6,9-14H2/t17-/m0/s1. The van der Waals surface area contributed by atoms with Crippen molar-refractivity contribution in [3.8, 4) is 0 Å². The van der Waals surface area contributed by atoms with Crippen LogP contribution in [0.5, 0.6) is 0 Å². The van der Waals surface area contributed by atoms with Crippen LogP contribution in [0.15, 0.2) is 18.5 Å². The van der Waals surface area contributed by atoms with Gasteiger partial charge in [-0.3, -0.25) is 4.90 Å². The Morgan fingerprint density at radius 3 is 2.68 bits per heavy atom. The van der Waals surface area contributed by atoms with Crippen LogP contribution < -0.4 is 4.90 Å². The first-order chi connectivity index (χ1) is 10.8. The lowest BCUT2D eigenvalue weighted by atomic mass is 9.79. The summed E-state index contributed by atoms with van der Waals surface area (Å²) in [6, 6.07) is 2.64. The van der Waals surface area contributed by atoms with Crippen molar-refractivity contribution in [2.45, 2.75) is 38.1 Å². The number of hydrogen-bond acceptors (Lipinski definition) is 5. The van der Waals surface area contributed by atoms with Crippen LogP contribution in [0.25, 0.3) is 0 Å². The molecule has 0 bridgehead atoms. The van der Waals surface area contributed by atoms with Gasteiger partial charge in [0.2, 0.25) is 5.95 Å². The predicted octanol–water partition coefficient (Wildman–Crippen LogP) is 1.95. The first-order valence-corrected chi connectivity index (χ1v) is 8.69. The molecule has 4 rings (SSSR count). The third-order valence-electron chi connectivity index (χ3n) is 5.67. The first-order valence-electron chi connectivity index (χ1n) is 8.69. The van der Waals surface area contributed by atoms with E-state index in [0.717, 1.165) is 38.3 Å². The Balaban J connectivity index is 1.43. The summed E-state index contributed by atoms with van der Waals surface area (Å²) in [5.74, 6) is 0.908. The molecule has 0 aromatic carbocycles. The topological polar surface area (TPSA) is 41.5 Å². The monoisotopic (exact) mass is 302 g/mol. The average Bonchev–Trinajstić information content (AvgIpc) is 3.00. The first kappa shape index (κ1) is 14.4. The Hall–Kier alpha value is -1.20. The number of nitrogens with zero attached hydrogens (tertiary/aromatic N) is 4. The van der Waals surface area contributed by atoms with E-state index in [2.05, 4.69) is 19.8 Å². The van der Waals surface area contributed by atoms with Crippen molar-refractivity contribution in [1.82, 2.24) is 14.9 Å². The molecular weight excluding hydrogens is 276 g/mol. The second kappa shape index (κ2) is 6.13. The zero-order valence-corrected chi connectivity index (χ0v) is 13.3. The molecule has 1 spiro atoms. The number of anilines is 1. The number of likely N-dealkylation sites (tertiary alicyclic amines) is 1. The van der Waals surface area contributed by atoms with Crippen LogP contribution in [0, 0.1) is 5.41 Å². The zero-order chi connectivity index (χ0) is 14.8. The highest BCUT2D eigenvalue weighted by Gasteiger charge is 2.43. The van der Waals surface area contributed by atoms with Crippen molar-refractivity contribution in [3.63, 3.8) is 0 Å². The van der Waals surface area contributed by atoms with E-state index in [1.165, 1.54) is 45.2 Å². The van der Waals surface area contributed by atoms with Crippen LogP contribution >= 0.6 is 0 Å². The molecule has 3 aliphatic rings. The lowest BCUT2D eigenvalue weighted by molar-refractivity contribution is 0.0375. The van der Waals surface area contributed by atoms with Gasteiger partial charge in [0.1, 0.15) is 0 Å². The molecule has 1 aromatic rings. The highest BCUT2D eigenvalue weighted by molar-refractivity contribution is 5.30. The van der Waals surface area contributed by atoms with Gasteiger partial charge < -0.3 is 9.64 Å². The van der Waals surface area contributed by atoms with Crippen molar-refractivity contribution in [3.05, 3.63) is 18.5 Å². The van der Waals surface area contributed by atoms with Crippen LogP contribution in [0.4, 0.5) is 5.95 Å². The lowest BCUT2D eigenvalue weighted by Gasteiger charge is -2.41. The van der Waals surface area contributed by atoms with Crippen LogP contribution in [0.2, 0.25) is 0 Å². The Morgan fingerprint density at radius 1 is 1.05 bits per heavy atom. The van der Waals surface area contributed by atoms with Gasteiger partial charge >= 0.3 is 0 Å². The normalized spacial score (nSPS) is 31.0. The second-order valence-corrected chi connectivity index (χ2v) is 7.14. The fourth-order valence-electron chi connectivity index (χ4n) is 4.50. The van der Waals surface area contributed by atoms with Crippen molar-refractivity contribution < 1.29 is 4.74 Å². The van der Waals surface area contributed by atoms with E-state index in [4.69, 9.17) is 4.74 Å². The summed E-state index contributed by atoms with van der Waals surface area (Å²) in [6.45, 7) is 6.62. The summed E-state index contributed by atoms with van der Waals surface area (Å²) in [6.07, 6.45) is 10.1. The zero-order valence-electron chi connectivity index (χ0n) is 13.3. The molecule has 0 saturated carbocycles. The molecule has 0 radical (unpaired) electrons. The van der Waals surface area contributed by atoms with E-state index in [1.54, 1.807) is 0 Å². The van der Waals surface area contributed by atoms with E-state index in [9.17, 15) is 0 Å². The molecule has 0 aliphatic carbocycles. The molecule has 3 fully saturated rings. The molecule has 0 amide bonds. The smallest absolute Gasteiger partial charge is 0.225 e. The van der Waals surface area contributed by atoms with Gasteiger partial charge in [-0.25, -0.2) is 9.97 Å². The SMILES string of the molecule is c1cnc(N2CCC[C@@]3(CCN(C4CCOCC4)C3)C2)nc1. The van der Waals surface area contributed by atoms with Gasteiger partial charge in [0.15, 0.2) is 0 Å². The maximum atomic E-state index is 5.52. The molecule has 0 N–H and O–H groups in total. The van der Waals surface area contributed by atoms with Gasteiger partial charge in [0, 0.05) is 56.7 Å². The Morgan fingerprint density at radius 2 is 1.86 bits per heavy atom. The largest absolute Gasteiger partial charge is 0.381 e. The van der Waals surface area contributed by atoms with E-state index < -0.39 is 0 Å². The number of piperidine rings is 1. The molecule has 1 atom stereocenters. The van der Waals surface area contributed by atoms with Gasteiger partial charge in [-0.1, -0.05) is 0 Å². The highest BCUT2D eigenvalue weighted by Crippen LogP contribution is 2.41. The van der Waals surface area contributed by atoms with Crippen molar-refractivity contribution >= 4 is 5.95 Å². The Kier molecular flexibility index (Phi) is 4.01. The molecule has 5 heteroatoms. The molecule has 4 heterocycles. The molecule has 1 aromatic heterocycles. The molecular formula is C17H26N4O. The summed E-state index contributed by atoms with van der Waals surface area (Å²) < 4.78 is 5.52. The highest BCUT2D eigenvalue weighted by atomic mass is 16.5. The van der Waals surface area contributed by atoms with Gasteiger partial charge in [0.05, 0.1) is 0 Å². The number of ether oxygens (including phenoxy) is 1. The molecule has 120 valence electrons. The van der Waals surface area contributed by atoms with Crippen LogP contribution in [-0.2, 0) is 4.74 Å². The Bertz CT molecular complexity index is 491. The molecule has 22 heavy (non-hydrogen) atoms. The fourth-order valence-corrected chi connectivity index (χ4v) is 4.50. The van der Waals surface area contributed by atoms with Gasteiger partial charge in [0.25, 0.3) is 0 Å². The lowest BCUT2D eigenvalue weighted by Crippen LogP contribution is -2.47. The molecule has 5 nitrogen and oxygen atoms in total. The third kappa shape index (κ3) is 2.84. The molecule has 3 saturated heterocycles. The third-order valence-corrected chi connectivity index (χ3v) is 5.67. The van der Waals surface area contributed by atoms with E-state index in [-0.39, 0.29) is 0 Å². The fraction of sp³-hybridized carbons (Fsp3) is 0.765. The quantitative estimate of drug-likeness (QED) is 0.835. The maximum absolute atomic E-state index is 5.52. The minimum atomic E-state index is 0.454. The maximum Gasteiger partial charge on any atom is 0.225 e. The van der Waals surface area contributed by atoms with Crippen LogP contribution in [0.3, 0.4) is 0 Å². The second-order valence-electron chi connectivity index (χ2n) is 7.14. The molecule has 0 unspecified atom stereocenters. The van der Waals surface area contributed by atoms with Gasteiger partial charge in [-0.15, -0.1) is 0 Å². The molecule has 3 aliphatic heterocycles. The van der Waals surface area contributed by atoms with Crippen LogP contribution in [0.1, 0.15) is 32.1 Å². The minimum Gasteiger partial charge on any atom is -0.381 e. The van der Waals surface area contributed by atoms with Crippen molar-refractivity contribution in [2.24, 2.45) is 5.41 Å². The number of aromatic nitrogens is 2. The summed E-state index contributed by atoms with van der Waals surface area (Å²) in [7, 11) is 0. The van der Waals surface area contributed by atoms with Crippen molar-refractivity contribution in [1.29, 1.82) is 0 Å². The van der Waals surface area contributed by atoms with E-state index >= 15 is 0 Å². The summed E-state index contributed by atoms with van der Waals surface area (Å²) >= 11 is 0. The van der Waals surface area contributed by atoms with Crippen molar-refractivity contribution in [2.75, 3.05) is 44.3 Å². The minimum absolute atomic E-state index is 0.454. The van der Waals surface area contributed by atoms with Gasteiger partial charge in [-0.05, 0) is 44.7 Å². The summed E-state index contributed by atoms with van der Waals surface area (Å²) in [5, 5.41) is 0. The predicted molar refractivity (Wildman–Crippen MR) is 85.9 cm³/mol. The summed E-state index contributed by atoms with van der Waals surface area (Å²) in [4.78, 5) is 14.0. The van der Waals surface area contributed by atoms with Gasteiger partial charge in [-0.2, -0.15) is 0 Å².